The van der Waals surface area contributed by atoms with E-state index in [0.717, 1.165) is 5.39 Å². The molecule has 34 heavy (non-hydrogen) atoms. The standard InChI is InChI=1S/C24H26F3N3O4/c1-16-15-30(16)22-18-5-3-2-4-17(18)6-7-19(22)21(24(25,26)27)20(14-28)23(32)29-8-10-33-12-13-34-11-9-31/h2-7,16,31H,8-13,15H2,1H3,(H,29,32)/b21-20-. The smallest absolute Gasteiger partial charge is 0.394 e. The van der Waals surface area contributed by atoms with Gasteiger partial charge in [-0.15, -0.1) is 0 Å². The maximum atomic E-state index is 14.3. The Morgan fingerprint density at radius 3 is 2.47 bits per heavy atom. The summed E-state index contributed by atoms with van der Waals surface area (Å²) in [4.78, 5) is 14.4. The topological polar surface area (TPSA) is 94.6 Å². The Morgan fingerprint density at radius 1 is 1.18 bits per heavy atom. The number of carbonyl (C=O) groups is 1. The van der Waals surface area contributed by atoms with E-state index >= 15 is 0 Å². The first-order chi connectivity index (χ1) is 16.3. The number of ether oxygens (including phenoxy) is 2. The van der Waals surface area contributed by atoms with Crippen LogP contribution in [0.4, 0.5) is 18.9 Å². The molecule has 1 unspecified atom stereocenters. The number of amides is 1. The molecule has 3 rings (SSSR count). The number of halogens is 3. The van der Waals surface area contributed by atoms with E-state index in [2.05, 4.69) is 5.32 Å². The lowest BCUT2D eigenvalue weighted by atomic mass is 9.94. The maximum absolute atomic E-state index is 14.3. The number of allylic oxidation sites excluding steroid dienone is 1. The number of carbonyl (C=O) groups excluding carboxylic acids is 1. The summed E-state index contributed by atoms with van der Waals surface area (Å²) in [6.45, 7) is 2.91. The van der Waals surface area contributed by atoms with E-state index in [-0.39, 0.29) is 51.2 Å². The Balaban J connectivity index is 1.89. The van der Waals surface area contributed by atoms with Gasteiger partial charge >= 0.3 is 6.18 Å². The molecule has 2 aromatic carbocycles. The SMILES string of the molecule is CC1CN1c1c(/C(=C(\C#N)C(=O)NCCOCCOCCO)C(F)(F)F)ccc2ccccc12. The third-order valence-electron chi connectivity index (χ3n) is 5.33. The van der Waals surface area contributed by atoms with Gasteiger partial charge in [-0.25, -0.2) is 0 Å². The first kappa shape index (κ1) is 25.5. The molecule has 0 spiro atoms. The summed E-state index contributed by atoms with van der Waals surface area (Å²) in [5, 5.41) is 21.9. The van der Waals surface area contributed by atoms with Gasteiger partial charge in [0, 0.05) is 30.1 Å². The van der Waals surface area contributed by atoms with Crippen molar-refractivity contribution in [2.24, 2.45) is 0 Å². The fourth-order valence-corrected chi connectivity index (χ4v) is 3.68. The highest BCUT2D eigenvalue weighted by Crippen LogP contribution is 2.46. The van der Waals surface area contributed by atoms with Crippen LogP contribution >= 0.6 is 0 Å². The third kappa shape index (κ3) is 6.05. The molecule has 2 aromatic rings. The zero-order valence-electron chi connectivity index (χ0n) is 18.7. The molecule has 1 heterocycles. The lowest BCUT2D eigenvalue weighted by Crippen LogP contribution is -2.31. The van der Waals surface area contributed by atoms with Crippen molar-refractivity contribution in [3.8, 4) is 6.07 Å². The number of nitriles is 1. The molecule has 0 aliphatic carbocycles. The van der Waals surface area contributed by atoms with Crippen LogP contribution in [0.1, 0.15) is 12.5 Å². The largest absolute Gasteiger partial charge is 0.418 e. The summed E-state index contributed by atoms with van der Waals surface area (Å²) in [6.07, 6.45) is -4.93. The number of hydrogen-bond donors (Lipinski definition) is 2. The highest BCUT2D eigenvalue weighted by molar-refractivity contribution is 6.10. The molecular formula is C24H26F3N3O4. The van der Waals surface area contributed by atoms with Crippen LogP contribution in [0.3, 0.4) is 0 Å². The summed E-state index contributed by atoms with van der Waals surface area (Å²) >= 11 is 0. The highest BCUT2D eigenvalue weighted by Gasteiger charge is 2.43. The Morgan fingerprint density at radius 2 is 1.85 bits per heavy atom. The van der Waals surface area contributed by atoms with Crippen LogP contribution in [-0.2, 0) is 14.3 Å². The van der Waals surface area contributed by atoms with Gasteiger partial charge in [0.1, 0.15) is 11.6 Å². The number of anilines is 1. The minimum Gasteiger partial charge on any atom is -0.394 e. The Hall–Kier alpha value is -3.13. The predicted octanol–water partition coefficient (Wildman–Crippen LogP) is 3.03. The molecular weight excluding hydrogens is 451 g/mol. The van der Waals surface area contributed by atoms with Crippen LogP contribution in [0, 0.1) is 11.3 Å². The molecule has 10 heteroatoms. The Kier molecular flexibility index (Phi) is 8.50. The van der Waals surface area contributed by atoms with E-state index in [0.29, 0.717) is 17.6 Å². The molecule has 0 radical (unpaired) electrons. The summed E-state index contributed by atoms with van der Waals surface area (Å²) in [7, 11) is 0. The number of fused-ring (bicyclic) bond motifs is 1. The van der Waals surface area contributed by atoms with Crippen LogP contribution < -0.4 is 10.2 Å². The second-order valence-electron chi connectivity index (χ2n) is 7.75. The lowest BCUT2D eigenvalue weighted by molar-refractivity contribution is -0.117. The summed E-state index contributed by atoms with van der Waals surface area (Å²) < 4.78 is 53.1. The normalized spacial score (nSPS) is 16.2. The molecule has 2 N–H and O–H groups in total. The van der Waals surface area contributed by atoms with E-state index < -0.39 is 23.2 Å². The van der Waals surface area contributed by atoms with E-state index in [1.807, 2.05) is 11.8 Å². The zero-order chi connectivity index (χ0) is 24.7. The molecule has 0 aromatic heterocycles. The van der Waals surface area contributed by atoms with E-state index in [1.165, 1.54) is 12.1 Å². The molecule has 7 nitrogen and oxygen atoms in total. The number of rotatable bonds is 11. The average molecular weight is 477 g/mol. The van der Waals surface area contributed by atoms with Gasteiger partial charge in [-0.05, 0) is 12.3 Å². The van der Waals surface area contributed by atoms with Crippen molar-refractivity contribution in [2.45, 2.75) is 19.1 Å². The number of benzene rings is 2. The first-order valence-corrected chi connectivity index (χ1v) is 10.8. The molecule has 1 amide bonds. The first-order valence-electron chi connectivity index (χ1n) is 10.8. The van der Waals surface area contributed by atoms with Crippen molar-refractivity contribution < 1.29 is 32.5 Å². The molecule has 1 fully saturated rings. The van der Waals surface area contributed by atoms with Crippen molar-refractivity contribution in [3.63, 3.8) is 0 Å². The van der Waals surface area contributed by atoms with Gasteiger partial charge < -0.3 is 24.8 Å². The van der Waals surface area contributed by atoms with Gasteiger partial charge in [-0.1, -0.05) is 36.4 Å². The van der Waals surface area contributed by atoms with E-state index in [1.54, 1.807) is 30.3 Å². The number of nitrogens with one attached hydrogen (secondary N) is 1. The van der Waals surface area contributed by atoms with Gasteiger partial charge in [0.15, 0.2) is 0 Å². The summed E-state index contributed by atoms with van der Waals surface area (Å²) in [5.74, 6) is -1.12. The molecule has 1 atom stereocenters. The monoisotopic (exact) mass is 477 g/mol. The molecule has 1 aliphatic heterocycles. The number of nitrogens with zero attached hydrogens (tertiary/aromatic N) is 2. The average Bonchev–Trinajstić information content (AvgIpc) is 3.53. The van der Waals surface area contributed by atoms with Gasteiger partial charge in [0.2, 0.25) is 0 Å². The van der Waals surface area contributed by atoms with Crippen LogP contribution in [0.5, 0.6) is 0 Å². The van der Waals surface area contributed by atoms with Crippen molar-refractivity contribution in [1.29, 1.82) is 5.26 Å². The third-order valence-corrected chi connectivity index (χ3v) is 5.33. The van der Waals surface area contributed by atoms with Gasteiger partial charge in [-0.2, -0.15) is 18.4 Å². The second-order valence-corrected chi connectivity index (χ2v) is 7.75. The highest BCUT2D eigenvalue weighted by atomic mass is 19.4. The van der Waals surface area contributed by atoms with Crippen molar-refractivity contribution in [1.82, 2.24) is 5.32 Å². The zero-order valence-corrected chi connectivity index (χ0v) is 18.7. The summed E-state index contributed by atoms with van der Waals surface area (Å²) in [6, 6.07) is 11.5. The lowest BCUT2D eigenvalue weighted by Gasteiger charge is -2.20. The molecule has 0 bridgehead atoms. The van der Waals surface area contributed by atoms with E-state index in [9.17, 15) is 23.2 Å². The fourth-order valence-electron chi connectivity index (χ4n) is 3.68. The van der Waals surface area contributed by atoms with Crippen molar-refractivity contribution >= 4 is 27.9 Å². The van der Waals surface area contributed by atoms with Crippen LogP contribution in [0.25, 0.3) is 16.3 Å². The predicted molar refractivity (Wildman–Crippen MR) is 121 cm³/mol. The van der Waals surface area contributed by atoms with Crippen LogP contribution in [0.15, 0.2) is 42.0 Å². The number of aliphatic hydroxyl groups is 1. The molecule has 0 saturated carbocycles. The maximum Gasteiger partial charge on any atom is 0.418 e. The number of hydrogen-bond acceptors (Lipinski definition) is 6. The quantitative estimate of drug-likeness (QED) is 0.224. The number of alkyl halides is 3. The van der Waals surface area contributed by atoms with Crippen molar-refractivity contribution in [3.05, 3.63) is 47.5 Å². The molecule has 182 valence electrons. The van der Waals surface area contributed by atoms with Crippen LogP contribution in [0.2, 0.25) is 0 Å². The number of aliphatic hydroxyl groups excluding tert-OH is 1. The molecule has 1 saturated heterocycles. The van der Waals surface area contributed by atoms with E-state index in [4.69, 9.17) is 14.6 Å². The second kappa shape index (κ2) is 11.3. The Bertz CT molecular complexity index is 1100. The molecule has 1 aliphatic rings. The van der Waals surface area contributed by atoms with Gasteiger partial charge in [0.05, 0.1) is 44.3 Å². The fraction of sp³-hybridized carbons (Fsp3) is 0.417. The van der Waals surface area contributed by atoms with Crippen molar-refractivity contribution in [2.75, 3.05) is 51.0 Å². The minimum atomic E-state index is -4.93. The summed E-state index contributed by atoms with van der Waals surface area (Å²) in [5.41, 5.74) is -2.08. The minimum absolute atomic E-state index is 0.0286. The van der Waals surface area contributed by atoms with Crippen LogP contribution in [-0.4, -0.2) is 69.4 Å². The van der Waals surface area contributed by atoms with Gasteiger partial charge in [-0.3, -0.25) is 4.79 Å². The Labute approximate surface area is 195 Å². The van der Waals surface area contributed by atoms with Gasteiger partial charge in [0.25, 0.3) is 5.91 Å².